The van der Waals surface area contributed by atoms with Gasteiger partial charge in [0, 0.05) is 12.1 Å². The maximum Gasteiger partial charge on any atom is 0.242 e. The Morgan fingerprint density at radius 2 is 1.59 bits per heavy atom. The van der Waals surface area contributed by atoms with Crippen LogP contribution in [0.3, 0.4) is 0 Å². The van der Waals surface area contributed by atoms with Gasteiger partial charge in [0.2, 0.25) is 11.8 Å². The molecular weight excluding hydrogens is 407 g/mol. The van der Waals surface area contributed by atoms with E-state index in [-0.39, 0.29) is 30.3 Å². The number of nitrogens with zero attached hydrogens (tertiary/aromatic N) is 1. The summed E-state index contributed by atoms with van der Waals surface area (Å²) >= 11 is 12.1. The van der Waals surface area contributed by atoms with Crippen molar-refractivity contribution in [1.82, 2.24) is 10.2 Å². The van der Waals surface area contributed by atoms with Gasteiger partial charge in [-0.15, -0.1) is 0 Å². The summed E-state index contributed by atoms with van der Waals surface area (Å²) in [6.07, 6.45) is 0.217. The predicted molar refractivity (Wildman–Crippen MR) is 119 cm³/mol. The summed E-state index contributed by atoms with van der Waals surface area (Å²) in [5.74, 6) is -0.327. The molecule has 0 spiro atoms. The maximum absolute atomic E-state index is 13.2. The van der Waals surface area contributed by atoms with Gasteiger partial charge >= 0.3 is 0 Å². The van der Waals surface area contributed by atoms with Crippen molar-refractivity contribution in [1.29, 1.82) is 0 Å². The van der Waals surface area contributed by atoms with Crippen molar-refractivity contribution in [2.45, 2.75) is 59.2 Å². The van der Waals surface area contributed by atoms with E-state index in [4.69, 9.17) is 23.2 Å². The lowest BCUT2D eigenvalue weighted by atomic mass is 10.1. The third-order valence-electron chi connectivity index (χ3n) is 4.48. The number of rotatable bonds is 6. The van der Waals surface area contributed by atoms with Crippen LogP contribution in [0.5, 0.6) is 0 Å². The van der Waals surface area contributed by atoms with Crippen molar-refractivity contribution in [3.05, 3.63) is 69.2 Å². The van der Waals surface area contributed by atoms with Crippen LogP contribution in [0.15, 0.2) is 42.5 Å². The molecule has 0 saturated carbocycles. The summed E-state index contributed by atoms with van der Waals surface area (Å²) in [6.45, 7) is 9.74. The first kappa shape index (κ1) is 23.2. The standard InChI is InChI=1S/C23H28Cl2N2O2/c1-15-6-8-17(9-7-15)13-21(28)27(16(2)22(29)26-23(3,4)5)14-18-10-11-19(24)20(25)12-18/h6-12,16H,13-14H2,1-5H3,(H,26,29)/t16-/m0/s1. The van der Waals surface area contributed by atoms with Crippen molar-refractivity contribution in [2.75, 3.05) is 0 Å². The van der Waals surface area contributed by atoms with Crippen molar-refractivity contribution >= 4 is 35.0 Å². The van der Waals surface area contributed by atoms with Gasteiger partial charge < -0.3 is 10.2 Å². The molecule has 0 bridgehead atoms. The summed E-state index contributed by atoms with van der Waals surface area (Å²) < 4.78 is 0. The number of benzene rings is 2. The zero-order valence-electron chi connectivity index (χ0n) is 17.6. The number of carbonyl (C=O) groups is 2. The number of nitrogens with one attached hydrogen (secondary N) is 1. The van der Waals surface area contributed by atoms with E-state index < -0.39 is 6.04 Å². The van der Waals surface area contributed by atoms with Crippen LogP contribution < -0.4 is 5.32 Å². The molecule has 29 heavy (non-hydrogen) atoms. The summed E-state index contributed by atoms with van der Waals surface area (Å²) in [5.41, 5.74) is 2.46. The van der Waals surface area contributed by atoms with Gasteiger partial charge in [-0.3, -0.25) is 9.59 Å². The number of hydrogen-bond donors (Lipinski definition) is 1. The Bertz CT molecular complexity index is 873. The van der Waals surface area contributed by atoms with Crippen LogP contribution in [0.4, 0.5) is 0 Å². The molecule has 4 nitrogen and oxygen atoms in total. The number of amides is 2. The molecule has 2 rings (SSSR count). The van der Waals surface area contributed by atoms with E-state index in [1.165, 1.54) is 0 Å². The van der Waals surface area contributed by atoms with E-state index in [0.717, 1.165) is 16.7 Å². The summed E-state index contributed by atoms with van der Waals surface area (Å²) in [6, 6.07) is 12.4. The minimum Gasteiger partial charge on any atom is -0.350 e. The van der Waals surface area contributed by atoms with Crippen LogP contribution in [0, 0.1) is 6.92 Å². The van der Waals surface area contributed by atoms with Gasteiger partial charge in [0.25, 0.3) is 0 Å². The Morgan fingerprint density at radius 3 is 2.14 bits per heavy atom. The van der Waals surface area contributed by atoms with Crippen molar-refractivity contribution in [2.24, 2.45) is 0 Å². The molecule has 0 heterocycles. The highest BCUT2D eigenvalue weighted by atomic mass is 35.5. The van der Waals surface area contributed by atoms with Gasteiger partial charge in [0.15, 0.2) is 0 Å². The molecule has 1 N–H and O–H groups in total. The average molecular weight is 435 g/mol. The number of aryl methyl sites for hydroxylation is 1. The molecule has 1 atom stereocenters. The highest BCUT2D eigenvalue weighted by Gasteiger charge is 2.28. The molecule has 0 fully saturated rings. The zero-order chi connectivity index (χ0) is 21.8. The Hall–Kier alpha value is -2.04. The Kier molecular flexibility index (Phi) is 7.73. The fourth-order valence-electron chi connectivity index (χ4n) is 2.87. The van der Waals surface area contributed by atoms with E-state index in [9.17, 15) is 9.59 Å². The summed E-state index contributed by atoms with van der Waals surface area (Å²) in [4.78, 5) is 27.5. The van der Waals surface area contributed by atoms with Gasteiger partial charge in [-0.1, -0.05) is 59.1 Å². The molecule has 2 aromatic carbocycles. The second kappa shape index (κ2) is 9.64. The molecule has 0 aliphatic rings. The molecule has 0 aliphatic carbocycles. The second-order valence-electron chi connectivity index (χ2n) is 8.35. The quantitative estimate of drug-likeness (QED) is 0.680. The monoisotopic (exact) mass is 434 g/mol. The Balaban J connectivity index is 2.27. The van der Waals surface area contributed by atoms with E-state index in [1.807, 2.05) is 58.0 Å². The molecule has 156 valence electrons. The van der Waals surface area contributed by atoms with E-state index in [1.54, 1.807) is 24.0 Å². The highest BCUT2D eigenvalue weighted by Crippen LogP contribution is 2.24. The molecule has 0 aliphatic heterocycles. The van der Waals surface area contributed by atoms with Crippen molar-refractivity contribution < 1.29 is 9.59 Å². The molecule has 0 radical (unpaired) electrons. The van der Waals surface area contributed by atoms with Crippen LogP contribution in [0.2, 0.25) is 10.0 Å². The number of halogens is 2. The minimum absolute atomic E-state index is 0.128. The van der Waals surface area contributed by atoms with E-state index in [0.29, 0.717) is 10.0 Å². The van der Waals surface area contributed by atoms with Gasteiger partial charge in [0.1, 0.15) is 6.04 Å². The third kappa shape index (κ3) is 7.06. The fourth-order valence-corrected chi connectivity index (χ4v) is 3.19. The van der Waals surface area contributed by atoms with Gasteiger partial charge in [-0.25, -0.2) is 0 Å². The second-order valence-corrected chi connectivity index (χ2v) is 9.16. The van der Waals surface area contributed by atoms with Crippen LogP contribution >= 0.6 is 23.2 Å². The highest BCUT2D eigenvalue weighted by molar-refractivity contribution is 6.42. The molecule has 6 heteroatoms. The lowest BCUT2D eigenvalue weighted by Crippen LogP contribution is -2.52. The molecule has 2 amide bonds. The molecular formula is C23H28Cl2N2O2. The minimum atomic E-state index is -0.637. The normalized spacial score (nSPS) is 12.4. The number of hydrogen-bond acceptors (Lipinski definition) is 2. The van der Waals surface area contributed by atoms with Gasteiger partial charge in [-0.2, -0.15) is 0 Å². The Morgan fingerprint density at radius 1 is 1.00 bits per heavy atom. The fraction of sp³-hybridized carbons (Fsp3) is 0.391. The lowest BCUT2D eigenvalue weighted by Gasteiger charge is -2.31. The largest absolute Gasteiger partial charge is 0.350 e. The van der Waals surface area contributed by atoms with Crippen LogP contribution in [-0.4, -0.2) is 28.3 Å². The molecule has 0 saturated heterocycles. The van der Waals surface area contributed by atoms with Gasteiger partial charge in [-0.05, 0) is 57.9 Å². The lowest BCUT2D eigenvalue weighted by molar-refractivity contribution is -0.140. The van der Waals surface area contributed by atoms with Crippen molar-refractivity contribution in [3.63, 3.8) is 0 Å². The van der Waals surface area contributed by atoms with Crippen LogP contribution in [-0.2, 0) is 22.6 Å². The first-order valence-corrected chi connectivity index (χ1v) is 10.3. The zero-order valence-corrected chi connectivity index (χ0v) is 19.1. The molecule has 2 aromatic rings. The maximum atomic E-state index is 13.2. The van der Waals surface area contributed by atoms with Crippen LogP contribution in [0.25, 0.3) is 0 Å². The van der Waals surface area contributed by atoms with Crippen LogP contribution in [0.1, 0.15) is 44.4 Å². The Labute approximate surface area is 183 Å². The molecule has 0 unspecified atom stereocenters. The van der Waals surface area contributed by atoms with E-state index >= 15 is 0 Å². The third-order valence-corrected chi connectivity index (χ3v) is 5.22. The summed E-state index contributed by atoms with van der Waals surface area (Å²) in [7, 11) is 0. The number of carbonyl (C=O) groups excluding carboxylic acids is 2. The first-order chi connectivity index (χ1) is 13.5. The molecule has 0 aromatic heterocycles. The predicted octanol–water partition coefficient (Wildman–Crippen LogP) is 5.18. The smallest absolute Gasteiger partial charge is 0.242 e. The van der Waals surface area contributed by atoms with E-state index in [2.05, 4.69) is 5.32 Å². The SMILES string of the molecule is Cc1ccc(CC(=O)N(Cc2ccc(Cl)c(Cl)c2)[C@@H](C)C(=O)NC(C)(C)C)cc1. The first-order valence-electron chi connectivity index (χ1n) is 9.57. The topological polar surface area (TPSA) is 49.4 Å². The summed E-state index contributed by atoms with van der Waals surface area (Å²) in [5, 5.41) is 3.82. The average Bonchev–Trinajstić information content (AvgIpc) is 2.62. The van der Waals surface area contributed by atoms with Gasteiger partial charge in [0.05, 0.1) is 16.5 Å². The van der Waals surface area contributed by atoms with Crippen molar-refractivity contribution in [3.8, 4) is 0 Å².